The van der Waals surface area contributed by atoms with E-state index in [0.29, 0.717) is 0 Å². The third-order valence-corrected chi connectivity index (χ3v) is 1.71. The molecule has 0 saturated carbocycles. The molecule has 1 heterocycles. The smallest absolute Gasteiger partial charge is 0.0570 e. The SMILES string of the molecule is C1=NN=Cc2ccccc2C1. The number of fused-ring (bicyclic) bond motifs is 1. The van der Waals surface area contributed by atoms with Crippen LogP contribution in [0.2, 0.25) is 0 Å². The molecule has 0 saturated heterocycles. The maximum atomic E-state index is 3.86. The lowest BCUT2D eigenvalue weighted by Crippen LogP contribution is -1.90. The molecule has 0 spiro atoms. The Morgan fingerprint density at radius 1 is 1.09 bits per heavy atom. The average Bonchev–Trinajstić information content (AvgIpc) is 2.28. The summed E-state index contributed by atoms with van der Waals surface area (Å²) < 4.78 is 0. The lowest BCUT2D eigenvalue weighted by molar-refractivity contribution is 1.25. The zero-order chi connectivity index (χ0) is 7.52. The van der Waals surface area contributed by atoms with Gasteiger partial charge in [-0.05, 0) is 11.1 Å². The summed E-state index contributed by atoms with van der Waals surface area (Å²) in [6.07, 6.45) is 4.50. The van der Waals surface area contributed by atoms with Crippen LogP contribution in [0.1, 0.15) is 11.1 Å². The summed E-state index contributed by atoms with van der Waals surface area (Å²) in [6, 6.07) is 8.19. The van der Waals surface area contributed by atoms with Crippen molar-refractivity contribution < 1.29 is 0 Å². The van der Waals surface area contributed by atoms with Crippen molar-refractivity contribution >= 4 is 12.4 Å². The van der Waals surface area contributed by atoms with Crippen molar-refractivity contribution in [3.8, 4) is 0 Å². The third kappa shape index (κ3) is 1.19. The minimum atomic E-state index is 0.885. The van der Waals surface area contributed by atoms with Gasteiger partial charge in [-0.15, -0.1) is 0 Å². The van der Waals surface area contributed by atoms with E-state index in [2.05, 4.69) is 16.3 Å². The number of hydrogen-bond donors (Lipinski definition) is 0. The van der Waals surface area contributed by atoms with Crippen LogP contribution < -0.4 is 0 Å². The quantitative estimate of drug-likeness (QED) is 0.529. The molecule has 1 aromatic rings. The Labute approximate surface area is 65.3 Å². The molecule has 1 aliphatic heterocycles. The van der Waals surface area contributed by atoms with E-state index in [4.69, 9.17) is 0 Å². The highest BCUT2D eigenvalue weighted by Crippen LogP contribution is 2.07. The van der Waals surface area contributed by atoms with E-state index in [9.17, 15) is 0 Å². The molecule has 0 aliphatic carbocycles. The predicted molar refractivity (Wildman–Crippen MR) is 46.2 cm³/mol. The molecule has 54 valence electrons. The van der Waals surface area contributed by atoms with Gasteiger partial charge in [-0.1, -0.05) is 24.3 Å². The minimum Gasteiger partial charge on any atom is -0.163 e. The molecular weight excluding hydrogens is 136 g/mol. The van der Waals surface area contributed by atoms with Gasteiger partial charge in [0.25, 0.3) is 0 Å². The van der Waals surface area contributed by atoms with E-state index in [1.54, 1.807) is 6.21 Å². The molecule has 0 unspecified atom stereocenters. The summed E-state index contributed by atoms with van der Waals surface area (Å²) in [4.78, 5) is 0. The monoisotopic (exact) mass is 144 g/mol. The first-order valence-electron chi connectivity index (χ1n) is 3.59. The van der Waals surface area contributed by atoms with E-state index in [0.717, 1.165) is 6.42 Å². The number of rotatable bonds is 0. The van der Waals surface area contributed by atoms with Gasteiger partial charge in [0.2, 0.25) is 0 Å². The second-order valence-electron chi connectivity index (χ2n) is 2.45. The maximum Gasteiger partial charge on any atom is 0.0570 e. The number of nitrogens with zero attached hydrogens (tertiary/aromatic N) is 2. The Morgan fingerprint density at radius 2 is 2.00 bits per heavy atom. The Hall–Kier alpha value is -1.44. The Kier molecular flexibility index (Phi) is 1.52. The zero-order valence-electron chi connectivity index (χ0n) is 6.07. The van der Waals surface area contributed by atoms with E-state index in [1.165, 1.54) is 11.1 Å². The number of benzene rings is 1. The average molecular weight is 144 g/mol. The molecule has 0 amide bonds. The van der Waals surface area contributed by atoms with Gasteiger partial charge in [-0.25, -0.2) is 0 Å². The molecule has 0 aromatic heterocycles. The van der Waals surface area contributed by atoms with Crippen LogP contribution in [0, 0.1) is 0 Å². The summed E-state index contributed by atoms with van der Waals surface area (Å²) >= 11 is 0. The summed E-state index contributed by atoms with van der Waals surface area (Å²) in [7, 11) is 0. The Bertz CT molecular complexity index is 313. The minimum absolute atomic E-state index is 0.885. The first-order valence-corrected chi connectivity index (χ1v) is 3.59. The first kappa shape index (κ1) is 6.28. The van der Waals surface area contributed by atoms with Crippen molar-refractivity contribution in [2.45, 2.75) is 6.42 Å². The van der Waals surface area contributed by atoms with Crippen LogP contribution in [-0.2, 0) is 6.42 Å². The summed E-state index contributed by atoms with van der Waals surface area (Å²) in [5, 5.41) is 7.69. The number of hydrogen-bond acceptors (Lipinski definition) is 2. The zero-order valence-corrected chi connectivity index (χ0v) is 6.07. The third-order valence-electron chi connectivity index (χ3n) is 1.71. The fraction of sp³-hybridized carbons (Fsp3) is 0.111. The van der Waals surface area contributed by atoms with Gasteiger partial charge < -0.3 is 0 Å². The van der Waals surface area contributed by atoms with Gasteiger partial charge >= 0.3 is 0 Å². The normalized spacial score (nSPS) is 14.2. The molecule has 0 fully saturated rings. The second-order valence-corrected chi connectivity index (χ2v) is 2.45. The van der Waals surface area contributed by atoms with Crippen LogP contribution >= 0.6 is 0 Å². The standard InChI is InChI=1S/C9H8N2/c1-2-4-9-7-11-10-6-5-8(9)3-1/h1-4,6-7H,5H2. The highest BCUT2D eigenvalue weighted by atomic mass is 15.2. The topological polar surface area (TPSA) is 24.7 Å². The fourth-order valence-corrected chi connectivity index (χ4v) is 1.13. The fourth-order valence-electron chi connectivity index (χ4n) is 1.13. The van der Waals surface area contributed by atoms with Crippen molar-refractivity contribution in [3.05, 3.63) is 35.4 Å². The highest BCUT2D eigenvalue weighted by molar-refractivity contribution is 5.84. The van der Waals surface area contributed by atoms with Crippen LogP contribution in [0.3, 0.4) is 0 Å². The van der Waals surface area contributed by atoms with Gasteiger partial charge in [0.15, 0.2) is 0 Å². The molecule has 11 heavy (non-hydrogen) atoms. The van der Waals surface area contributed by atoms with Crippen LogP contribution in [0.25, 0.3) is 0 Å². The van der Waals surface area contributed by atoms with E-state index >= 15 is 0 Å². The van der Waals surface area contributed by atoms with Crippen LogP contribution in [0.15, 0.2) is 34.5 Å². The second kappa shape index (κ2) is 2.66. The van der Waals surface area contributed by atoms with E-state index < -0.39 is 0 Å². The molecule has 0 bridgehead atoms. The van der Waals surface area contributed by atoms with Gasteiger partial charge in [-0.3, -0.25) is 0 Å². The van der Waals surface area contributed by atoms with Gasteiger partial charge in [0.05, 0.1) is 6.21 Å². The lowest BCUT2D eigenvalue weighted by atomic mass is 10.1. The molecule has 1 aliphatic rings. The Balaban J connectivity index is 2.52. The lowest BCUT2D eigenvalue weighted by Gasteiger charge is -1.97. The van der Waals surface area contributed by atoms with Crippen LogP contribution in [0.5, 0.6) is 0 Å². The predicted octanol–water partition coefficient (Wildman–Crippen LogP) is 1.65. The van der Waals surface area contributed by atoms with Gasteiger partial charge in [-0.2, -0.15) is 10.2 Å². The van der Waals surface area contributed by atoms with Crippen molar-refractivity contribution in [1.29, 1.82) is 0 Å². The largest absolute Gasteiger partial charge is 0.163 e. The summed E-state index contributed by atoms with van der Waals surface area (Å²) in [5.41, 5.74) is 2.46. The van der Waals surface area contributed by atoms with Crippen LogP contribution in [0.4, 0.5) is 0 Å². The molecule has 2 heteroatoms. The highest BCUT2D eigenvalue weighted by Gasteiger charge is 1.98. The first-order chi connectivity index (χ1) is 5.47. The molecule has 2 nitrogen and oxygen atoms in total. The summed E-state index contributed by atoms with van der Waals surface area (Å²) in [6.45, 7) is 0. The van der Waals surface area contributed by atoms with Crippen molar-refractivity contribution in [3.63, 3.8) is 0 Å². The van der Waals surface area contributed by atoms with Crippen molar-refractivity contribution in [2.75, 3.05) is 0 Å². The molecular formula is C9H8N2. The summed E-state index contributed by atoms with van der Waals surface area (Å²) in [5.74, 6) is 0. The van der Waals surface area contributed by atoms with Crippen molar-refractivity contribution in [2.24, 2.45) is 10.2 Å². The van der Waals surface area contributed by atoms with Crippen LogP contribution in [-0.4, -0.2) is 12.4 Å². The van der Waals surface area contributed by atoms with E-state index in [1.807, 2.05) is 24.4 Å². The molecule has 1 aromatic carbocycles. The van der Waals surface area contributed by atoms with Gasteiger partial charge in [0.1, 0.15) is 0 Å². The maximum absolute atomic E-state index is 3.86. The van der Waals surface area contributed by atoms with E-state index in [-0.39, 0.29) is 0 Å². The molecule has 0 N–H and O–H groups in total. The molecule has 0 radical (unpaired) electrons. The molecule has 0 atom stereocenters. The molecule has 2 rings (SSSR count). The Morgan fingerprint density at radius 3 is 3.00 bits per heavy atom. The van der Waals surface area contributed by atoms with Gasteiger partial charge in [0, 0.05) is 12.6 Å². The van der Waals surface area contributed by atoms with Crippen molar-refractivity contribution in [1.82, 2.24) is 0 Å².